The molecule has 0 amide bonds. The Morgan fingerprint density at radius 1 is 1.09 bits per heavy atom. The number of allylic oxidation sites excluding steroid dienone is 2. The molecule has 0 heterocycles. The van der Waals surface area contributed by atoms with E-state index in [2.05, 4.69) is 4.74 Å². The Balaban J connectivity index is 4.30. The highest BCUT2D eigenvalue weighted by Gasteiger charge is 2.00. The Morgan fingerprint density at radius 2 is 1.45 bits per heavy atom. The van der Waals surface area contributed by atoms with Gasteiger partial charge in [-0.2, -0.15) is 10.5 Å². The topological polar surface area (TPSA) is 56.8 Å². The van der Waals surface area contributed by atoms with Gasteiger partial charge in [0.2, 0.25) is 11.5 Å². The van der Waals surface area contributed by atoms with Crippen LogP contribution in [-0.4, -0.2) is 0 Å². The number of hydrogen-bond donors (Lipinski definition) is 0. The number of rotatable bonds is 2. The van der Waals surface area contributed by atoms with Gasteiger partial charge in [0.05, 0.1) is 0 Å². The van der Waals surface area contributed by atoms with Crippen molar-refractivity contribution in [1.82, 2.24) is 0 Å². The zero-order chi connectivity index (χ0) is 8.69. The summed E-state index contributed by atoms with van der Waals surface area (Å²) in [4.78, 5) is 0. The third-order valence-corrected chi connectivity index (χ3v) is 0.638. The molecule has 11 heavy (non-hydrogen) atoms. The Labute approximate surface area is 61.4 Å². The highest BCUT2D eigenvalue weighted by molar-refractivity contribution is 5.19. The van der Waals surface area contributed by atoms with E-state index in [-0.39, 0.29) is 12.7 Å². The molecule has 5 heteroatoms. The molecule has 3 nitrogen and oxygen atoms in total. The van der Waals surface area contributed by atoms with Gasteiger partial charge in [-0.25, -0.2) is 8.78 Å². The summed E-state index contributed by atoms with van der Waals surface area (Å²) in [5.74, 6) is -1.54. The molecular weight excluding hydrogens is 154 g/mol. The number of hydrogen-bond acceptors (Lipinski definition) is 3. The van der Waals surface area contributed by atoms with Crippen LogP contribution in [0, 0.1) is 22.7 Å². The number of ether oxygens (including phenoxy) is 1. The first-order chi connectivity index (χ1) is 5.28. The van der Waals surface area contributed by atoms with Gasteiger partial charge in [-0.15, -0.1) is 0 Å². The van der Waals surface area contributed by atoms with Crippen molar-refractivity contribution in [3.63, 3.8) is 0 Å². The van der Waals surface area contributed by atoms with Crippen LogP contribution in [0.4, 0.5) is 8.78 Å². The van der Waals surface area contributed by atoms with Crippen LogP contribution in [0.3, 0.4) is 0 Å². The molecule has 0 saturated heterocycles. The number of nitriles is 2. The van der Waals surface area contributed by atoms with Gasteiger partial charge in [0.25, 0.3) is 0 Å². The largest absolute Gasteiger partial charge is 0.430 e. The summed E-state index contributed by atoms with van der Waals surface area (Å²) in [6, 6.07) is 2.51. The second-order valence-electron chi connectivity index (χ2n) is 1.27. The molecular formula is C6H2F2N2O. The maximum Gasteiger partial charge on any atom is 0.233 e. The van der Waals surface area contributed by atoms with Gasteiger partial charge in [0.15, 0.2) is 0 Å². The van der Waals surface area contributed by atoms with E-state index in [1.54, 1.807) is 0 Å². The molecule has 0 atom stereocenters. The lowest BCUT2D eigenvalue weighted by molar-refractivity contribution is 0.324. The molecule has 0 aliphatic heterocycles. The zero-order valence-corrected chi connectivity index (χ0v) is 5.21. The van der Waals surface area contributed by atoms with Gasteiger partial charge < -0.3 is 4.74 Å². The summed E-state index contributed by atoms with van der Waals surface area (Å²) in [6.07, 6.45) is -0.332. The predicted octanol–water partition coefficient (Wildman–Crippen LogP) is 1.67. The van der Waals surface area contributed by atoms with E-state index < -0.39 is 11.5 Å². The van der Waals surface area contributed by atoms with E-state index >= 15 is 0 Å². The van der Waals surface area contributed by atoms with Crippen molar-refractivity contribution >= 4 is 0 Å². The summed E-state index contributed by atoms with van der Waals surface area (Å²) < 4.78 is 27.1. The maximum atomic E-state index is 11.5. The molecule has 0 unspecified atom stereocenters. The average molecular weight is 156 g/mol. The molecule has 0 aliphatic rings. The van der Waals surface area contributed by atoms with Crippen LogP contribution in [0.1, 0.15) is 0 Å². The third-order valence-electron chi connectivity index (χ3n) is 0.638. The zero-order valence-electron chi connectivity index (χ0n) is 5.21. The van der Waals surface area contributed by atoms with Crippen LogP contribution >= 0.6 is 0 Å². The van der Waals surface area contributed by atoms with Crippen molar-refractivity contribution in [1.29, 1.82) is 10.5 Å². The molecule has 0 radical (unpaired) electrons. The van der Waals surface area contributed by atoms with Gasteiger partial charge in [-0.05, 0) is 0 Å². The SMILES string of the molecule is N#C/C(=C\F)O/C(C#N)=C/F. The molecule has 56 valence electrons. The fraction of sp³-hybridized carbons (Fsp3) is 0. The summed E-state index contributed by atoms with van der Waals surface area (Å²) in [5, 5.41) is 16.0. The lowest BCUT2D eigenvalue weighted by Gasteiger charge is -1.94. The standard InChI is InChI=1S/C6H2F2N2O/c7-1-5(3-9)11-6(2-8)4-10/h1-2H/b5-1+,6-2+. The third kappa shape index (κ3) is 2.97. The predicted molar refractivity (Wildman–Crippen MR) is 30.7 cm³/mol. The van der Waals surface area contributed by atoms with E-state index in [9.17, 15) is 8.78 Å². The second kappa shape index (κ2) is 4.95. The van der Waals surface area contributed by atoms with E-state index in [1.807, 2.05) is 0 Å². The smallest absolute Gasteiger partial charge is 0.233 e. The van der Waals surface area contributed by atoms with Crippen molar-refractivity contribution in [2.45, 2.75) is 0 Å². The van der Waals surface area contributed by atoms with Crippen LogP contribution in [0.2, 0.25) is 0 Å². The molecule has 0 N–H and O–H groups in total. The Morgan fingerprint density at radius 3 is 1.64 bits per heavy atom. The molecule has 0 fully saturated rings. The minimum atomic E-state index is -0.768. The summed E-state index contributed by atoms with van der Waals surface area (Å²) in [6.45, 7) is 0. The minimum absolute atomic E-state index is 0.166. The molecule has 0 spiro atoms. The first-order valence-corrected chi connectivity index (χ1v) is 2.37. The fourth-order valence-corrected chi connectivity index (χ4v) is 0.257. The molecule has 0 aliphatic carbocycles. The van der Waals surface area contributed by atoms with Crippen LogP contribution < -0.4 is 0 Å². The Hall–Kier alpha value is -1.88. The van der Waals surface area contributed by atoms with E-state index in [0.29, 0.717) is 0 Å². The molecule has 0 aromatic carbocycles. The lowest BCUT2D eigenvalue weighted by Crippen LogP contribution is -1.86. The van der Waals surface area contributed by atoms with Crippen molar-refractivity contribution in [2.75, 3.05) is 0 Å². The minimum Gasteiger partial charge on any atom is -0.430 e. The molecule has 0 saturated carbocycles. The summed E-state index contributed by atoms with van der Waals surface area (Å²) in [7, 11) is 0. The molecule has 0 aromatic rings. The van der Waals surface area contributed by atoms with Crippen LogP contribution in [0.15, 0.2) is 24.2 Å². The van der Waals surface area contributed by atoms with E-state index in [0.717, 1.165) is 0 Å². The fourth-order valence-electron chi connectivity index (χ4n) is 0.257. The van der Waals surface area contributed by atoms with E-state index in [1.165, 1.54) is 12.1 Å². The van der Waals surface area contributed by atoms with E-state index in [4.69, 9.17) is 10.5 Å². The number of halogens is 2. The van der Waals surface area contributed by atoms with Gasteiger partial charge >= 0.3 is 0 Å². The van der Waals surface area contributed by atoms with Crippen molar-refractivity contribution in [3.8, 4) is 12.1 Å². The lowest BCUT2D eigenvalue weighted by atomic mass is 10.5. The van der Waals surface area contributed by atoms with Crippen molar-refractivity contribution in [2.24, 2.45) is 0 Å². The first kappa shape index (κ1) is 9.12. The number of nitrogens with zero attached hydrogens (tertiary/aromatic N) is 2. The molecule has 0 aromatic heterocycles. The molecule has 0 bridgehead atoms. The van der Waals surface area contributed by atoms with Gasteiger partial charge in [-0.3, -0.25) is 0 Å². The van der Waals surface area contributed by atoms with Crippen molar-refractivity contribution < 1.29 is 13.5 Å². The normalized spacial score (nSPS) is 11.6. The van der Waals surface area contributed by atoms with Crippen LogP contribution in [0.25, 0.3) is 0 Å². The quantitative estimate of drug-likeness (QED) is 0.451. The van der Waals surface area contributed by atoms with Crippen LogP contribution in [0.5, 0.6) is 0 Å². The summed E-state index contributed by atoms with van der Waals surface area (Å²) >= 11 is 0. The molecule has 0 rings (SSSR count). The second-order valence-corrected chi connectivity index (χ2v) is 1.27. The van der Waals surface area contributed by atoms with Gasteiger partial charge in [0, 0.05) is 0 Å². The van der Waals surface area contributed by atoms with Gasteiger partial charge in [-0.1, -0.05) is 0 Å². The maximum absolute atomic E-state index is 11.5. The highest BCUT2D eigenvalue weighted by atomic mass is 19.1. The van der Waals surface area contributed by atoms with Gasteiger partial charge in [0.1, 0.15) is 24.8 Å². The summed E-state index contributed by atoms with van der Waals surface area (Å²) in [5.41, 5.74) is 0. The first-order valence-electron chi connectivity index (χ1n) is 2.37. The van der Waals surface area contributed by atoms with Crippen molar-refractivity contribution in [3.05, 3.63) is 24.2 Å². The highest BCUT2D eigenvalue weighted by Crippen LogP contribution is 2.04. The monoisotopic (exact) mass is 156 g/mol. The van der Waals surface area contributed by atoms with Crippen LogP contribution in [-0.2, 0) is 4.74 Å². The Kier molecular flexibility index (Phi) is 4.10. The average Bonchev–Trinajstić information content (AvgIpc) is 2.07. The Bertz CT molecular complexity index is 241.